The summed E-state index contributed by atoms with van der Waals surface area (Å²) in [6, 6.07) is 0. The lowest BCUT2D eigenvalue weighted by Crippen LogP contribution is -2.27. The highest BCUT2D eigenvalue weighted by atomic mass is 19.3. The molecule has 1 atom stereocenters. The molecule has 2 aromatic rings. The molecule has 3 N–H and O–H groups in total. The monoisotopic (exact) mass is 286 g/mol. The smallest absolute Gasteiger partial charge is 0.265 e. The Balaban J connectivity index is 2.18. The molecule has 0 aliphatic rings. The SMILES string of the molecule is CNc1nc(NCC(O)C(F)F)nc(-n2cncn2)n1. The first-order chi connectivity index (χ1) is 9.60. The molecule has 0 fully saturated rings. The van der Waals surface area contributed by atoms with Crippen LogP contribution in [0.15, 0.2) is 12.7 Å². The molecule has 0 aliphatic carbocycles. The minimum absolute atomic E-state index is 0.0366. The molecule has 0 amide bonds. The zero-order valence-electron chi connectivity index (χ0n) is 10.4. The Morgan fingerprint density at radius 1 is 1.30 bits per heavy atom. The Morgan fingerprint density at radius 2 is 2.05 bits per heavy atom. The number of hydrogen-bond donors (Lipinski definition) is 3. The zero-order valence-corrected chi connectivity index (χ0v) is 10.4. The third-order valence-electron chi connectivity index (χ3n) is 2.23. The van der Waals surface area contributed by atoms with Crippen LogP contribution in [0, 0.1) is 0 Å². The first-order valence-corrected chi connectivity index (χ1v) is 5.59. The Labute approximate surface area is 112 Å². The van der Waals surface area contributed by atoms with Gasteiger partial charge in [-0.25, -0.2) is 13.8 Å². The lowest BCUT2D eigenvalue weighted by Gasteiger charge is -2.11. The fourth-order valence-electron chi connectivity index (χ4n) is 1.25. The van der Waals surface area contributed by atoms with Gasteiger partial charge in [0.15, 0.2) is 0 Å². The Hall–Kier alpha value is -2.43. The first-order valence-electron chi connectivity index (χ1n) is 5.59. The van der Waals surface area contributed by atoms with Crippen molar-refractivity contribution in [1.82, 2.24) is 29.7 Å². The van der Waals surface area contributed by atoms with E-state index in [1.165, 1.54) is 17.3 Å². The van der Waals surface area contributed by atoms with Crippen LogP contribution >= 0.6 is 0 Å². The van der Waals surface area contributed by atoms with Crippen LogP contribution in [0.25, 0.3) is 5.95 Å². The summed E-state index contributed by atoms with van der Waals surface area (Å²) in [5, 5.41) is 18.1. The normalized spacial score (nSPS) is 12.4. The second-order valence-electron chi connectivity index (χ2n) is 3.66. The van der Waals surface area contributed by atoms with E-state index in [0.29, 0.717) is 0 Å². The second-order valence-corrected chi connectivity index (χ2v) is 3.66. The number of anilines is 2. The van der Waals surface area contributed by atoms with E-state index in [0.717, 1.165) is 0 Å². The van der Waals surface area contributed by atoms with Crippen LogP contribution in [-0.2, 0) is 0 Å². The lowest BCUT2D eigenvalue weighted by atomic mass is 10.4. The van der Waals surface area contributed by atoms with Crippen LogP contribution in [0.3, 0.4) is 0 Å². The number of aliphatic hydroxyl groups is 1. The Bertz CT molecular complexity index is 549. The highest BCUT2D eigenvalue weighted by Crippen LogP contribution is 2.09. The van der Waals surface area contributed by atoms with Crippen LogP contribution in [0.1, 0.15) is 0 Å². The van der Waals surface area contributed by atoms with Gasteiger partial charge < -0.3 is 15.7 Å². The van der Waals surface area contributed by atoms with Crippen LogP contribution in [0.4, 0.5) is 20.7 Å². The van der Waals surface area contributed by atoms with E-state index in [-0.39, 0.29) is 24.4 Å². The van der Waals surface area contributed by atoms with E-state index in [1.54, 1.807) is 7.05 Å². The molecule has 2 heterocycles. The number of aromatic nitrogens is 6. The standard InChI is InChI=1S/C9H12F2N8O/c1-12-7-16-8(14-2-5(20)6(10)11)18-9(17-7)19-4-13-3-15-19/h3-6,20H,2H2,1H3,(H2,12,14,16,17,18). The van der Waals surface area contributed by atoms with Gasteiger partial charge in [0.05, 0.1) is 0 Å². The van der Waals surface area contributed by atoms with Gasteiger partial charge in [0.25, 0.3) is 12.4 Å². The number of halogens is 2. The first kappa shape index (κ1) is 14.0. The van der Waals surface area contributed by atoms with E-state index in [2.05, 4.69) is 35.7 Å². The highest BCUT2D eigenvalue weighted by Gasteiger charge is 2.17. The van der Waals surface area contributed by atoms with E-state index in [9.17, 15) is 8.78 Å². The number of alkyl halides is 2. The minimum atomic E-state index is -2.84. The maximum atomic E-state index is 12.2. The molecule has 0 saturated heterocycles. The Morgan fingerprint density at radius 3 is 2.65 bits per heavy atom. The largest absolute Gasteiger partial charge is 0.385 e. The van der Waals surface area contributed by atoms with E-state index < -0.39 is 12.5 Å². The van der Waals surface area contributed by atoms with Crippen molar-refractivity contribution in [3.63, 3.8) is 0 Å². The Kier molecular flexibility index (Phi) is 4.30. The number of nitrogens with one attached hydrogen (secondary N) is 2. The molecule has 0 aromatic carbocycles. The quantitative estimate of drug-likeness (QED) is 0.653. The van der Waals surface area contributed by atoms with Crippen LogP contribution in [0.2, 0.25) is 0 Å². The lowest BCUT2D eigenvalue weighted by molar-refractivity contribution is 0.00376. The summed E-state index contributed by atoms with van der Waals surface area (Å²) >= 11 is 0. The van der Waals surface area contributed by atoms with E-state index >= 15 is 0 Å². The molecule has 0 spiro atoms. The van der Waals surface area contributed by atoms with E-state index in [1.807, 2.05) is 0 Å². The molecule has 11 heteroatoms. The molecule has 9 nitrogen and oxygen atoms in total. The topological polar surface area (TPSA) is 114 Å². The van der Waals surface area contributed by atoms with Gasteiger partial charge in [-0.2, -0.15) is 24.7 Å². The summed E-state index contributed by atoms with van der Waals surface area (Å²) in [7, 11) is 1.60. The number of rotatable bonds is 6. The summed E-state index contributed by atoms with van der Waals surface area (Å²) in [6.07, 6.45) is -1.97. The van der Waals surface area contributed by atoms with Crippen LogP contribution in [0.5, 0.6) is 0 Å². The zero-order chi connectivity index (χ0) is 14.5. The van der Waals surface area contributed by atoms with Gasteiger partial charge in [-0.15, -0.1) is 0 Å². The molecule has 20 heavy (non-hydrogen) atoms. The third-order valence-corrected chi connectivity index (χ3v) is 2.23. The average Bonchev–Trinajstić information content (AvgIpc) is 2.98. The van der Waals surface area contributed by atoms with Crippen molar-refractivity contribution in [2.24, 2.45) is 0 Å². The van der Waals surface area contributed by atoms with Crippen LogP contribution < -0.4 is 10.6 Å². The van der Waals surface area contributed by atoms with Crippen molar-refractivity contribution >= 4 is 11.9 Å². The minimum Gasteiger partial charge on any atom is -0.385 e. The fourth-order valence-corrected chi connectivity index (χ4v) is 1.25. The predicted molar refractivity (Wildman–Crippen MR) is 64.8 cm³/mol. The van der Waals surface area contributed by atoms with Crippen molar-refractivity contribution in [2.75, 3.05) is 24.2 Å². The number of aliphatic hydroxyl groups excluding tert-OH is 1. The molecule has 0 saturated carbocycles. The molecular weight excluding hydrogens is 274 g/mol. The van der Waals surface area contributed by atoms with Gasteiger partial charge in [0, 0.05) is 13.6 Å². The van der Waals surface area contributed by atoms with Crippen molar-refractivity contribution < 1.29 is 13.9 Å². The molecule has 2 rings (SSSR count). The summed E-state index contributed by atoms with van der Waals surface area (Å²) < 4.78 is 25.7. The summed E-state index contributed by atoms with van der Waals surface area (Å²) in [5.41, 5.74) is 0. The molecule has 108 valence electrons. The number of hydrogen-bond acceptors (Lipinski definition) is 8. The third kappa shape index (κ3) is 3.32. The van der Waals surface area contributed by atoms with Crippen molar-refractivity contribution in [3.8, 4) is 5.95 Å². The van der Waals surface area contributed by atoms with Gasteiger partial charge in [-0.1, -0.05) is 0 Å². The van der Waals surface area contributed by atoms with Crippen molar-refractivity contribution in [1.29, 1.82) is 0 Å². The maximum Gasteiger partial charge on any atom is 0.265 e. The van der Waals surface area contributed by atoms with Crippen molar-refractivity contribution in [3.05, 3.63) is 12.7 Å². The van der Waals surface area contributed by atoms with Crippen LogP contribution in [-0.4, -0.2) is 60.9 Å². The highest BCUT2D eigenvalue weighted by molar-refractivity contribution is 5.37. The van der Waals surface area contributed by atoms with Gasteiger partial charge in [0.2, 0.25) is 11.9 Å². The maximum absolute atomic E-state index is 12.2. The van der Waals surface area contributed by atoms with Gasteiger partial charge >= 0.3 is 0 Å². The summed E-state index contributed by atoms with van der Waals surface area (Å²) in [4.78, 5) is 15.7. The average molecular weight is 286 g/mol. The van der Waals surface area contributed by atoms with E-state index in [4.69, 9.17) is 5.11 Å². The molecule has 0 bridgehead atoms. The molecular formula is C9H12F2N8O. The summed E-state index contributed by atoms with van der Waals surface area (Å²) in [6.45, 7) is -0.387. The predicted octanol–water partition coefficient (Wildman–Crippen LogP) is -0.468. The van der Waals surface area contributed by atoms with Crippen molar-refractivity contribution in [2.45, 2.75) is 12.5 Å². The number of nitrogens with zero attached hydrogens (tertiary/aromatic N) is 6. The molecule has 0 radical (unpaired) electrons. The van der Waals surface area contributed by atoms with Gasteiger partial charge in [-0.05, 0) is 0 Å². The fraction of sp³-hybridized carbons (Fsp3) is 0.444. The second kappa shape index (κ2) is 6.14. The van der Waals surface area contributed by atoms with Gasteiger partial charge in [0.1, 0.15) is 18.8 Å². The van der Waals surface area contributed by atoms with Gasteiger partial charge in [-0.3, -0.25) is 0 Å². The summed E-state index contributed by atoms with van der Waals surface area (Å²) in [5.74, 6) is 0.421. The molecule has 1 unspecified atom stereocenters. The molecule has 2 aromatic heterocycles. The molecule has 0 aliphatic heterocycles.